The predicted octanol–water partition coefficient (Wildman–Crippen LogP) is 5.54. The fourth-order valence-corrected chi connectivity index (χ4v) is 3.97. The van der Waals surface area contributed by atoms with Gasteiger partial charge in [0.2, 0.25) is 0 Å². The van der Waals surface area contributed by atoms with Gasteiger partial charge in [-0.15, -0.1) is 0 Å². The molecule has 1 aliphatic rings. The van der Waals surface area contributed by atoms with Crippen molar-refractivity contribution in [2.24, 2.45) is 0 Å². The van der Waals surface area contributed by atoms with Gasteiger partial charge in [0.15, 0.2) is 0 Å². The van der Waals surface area contributed by atoms with Gasteiger partial charge in [-0.05, 0) is 47.2 Å². The molecule has 0 saturated carbocycles. The Morgan fingerprint density at radius 1 is 0.696 bits per heavy atom. The number of benzene rings is 3. The highest BCUT2D eigenvalue weighted by Gasteiger charge is 2.21. The number of aryl methyl sites for hydroxylation is 1. The van der Waals surface area contributed by atoms with Crippen molar-refractivity contribution in [3.8, 4) is 11.3 Å². The van der Waals surface area contributed by atoms with E-state index in [2.05, 4.69) is 66.7 Å². The summed E-state index contributed by atoms with van der Waals surface area (Å²) in [6, 6.07) is 23.7. The van der Waals surface area contributed by atoms with E-state index in [-0.39, 0.29) is 0 Å². The van der Waals surface area contributed by atoms with Crippen LogP contribution in [0, 0.1) is 0 Å². The molecule has 0 unspecified atom stereocenters. The lowest BCUT2D eigenvalue weighted by atomic mass is 9.95. The van der Waals surface area contributed by atoms with E-state index in [4.69, 9.17) is 4.98 Å². The van der Waals surface area contributed by atoms with Crippen LogP contribution in [0.4, 0.5) is 0 Å². The van der Waals surface area contributed by atoms with E-state index in [1.165, 1.54) is 51.4 Å². The average Bonchev–Trinajstić information content (AvgIpc) is 3.11. The summed E-state index contributed by atoms with van der Waals surface area (Å²) in [5.41, 5.74) is 6.52. The number of hydrogen-bond donors (Lipinski definition) is 0. The highest BCUT2D eigenvalue weighted by Crippen LogP contribution is 2.38. The molecular formula is C22H17N. The summed E-state index contributed by atoms with van der Waals surface area (Å²) in [5, 5.41) is 4.02. The van der Waals surface area contributed by atoms with E-state index in [0.717, 1.165) is 11.9 Å². The second-order valence-corrected chi connectivity index (χ2v) is 6.32. The lowest BCUT2D eigenvalue weighted by molar-refractivity contribution is 0.913. The lowest BCUT2D eigenvalue weighted by Gasteiger charge is -2.13. The number of aromatic nitrogens is 1. The Kier molecular flexibility index (Phi) is 2.75. The van der Waals surface area contributed by atoms with Gasteiger partial charge in [-0.3, -0.25) is 0 Å². The molecular weight excluding hydrogens is 278 g/mol. The fourth-order valence-electron chi connectivity index (χ4n) is 3.97. The lowest BCUT2D eigenvalue weighted by Crippen LogP contribution is -1.96. The van der Waals surface area contributed by atoms with Gasteiger partial charge in [-0.25, -0.2) is 4.98 Å². The van der Waals surface area contributed by atoms with Crippen LogP contribution in [0.25, 0.3) is 32.9 Å². The molecule has 0 bridgehead atoms. The van der Waals surface area contributed by atoms with Crippen molar-refractivity contribution in [3.63, 3.8) is 0 Å². The zero-order chi connectivity index (χ0) is 15.2. The van der Waals surface area contributed by atoms with Gasteiger partial charge in [-0.2, -0.15) is 0 Å². The van der Waals surface area contributed by atoms with Gasteiger partial charge in [0.1, 0.15) is 0 Å². The Morgan fingerprint density at radius 2 is 1.48 bits per heavy atom. The molecule has 1 aliphatic carbocycles. The first-order valence-electron chi connectivity index (χ1n) is 8.30. The predicted molar refractivity (Wildman–Crippen MR) is 96.7 cm³/mol. The van der Waals surface area contributed by atoms with Crippen LogP contribution in [-0.2, 0) is 12.8 Å². The van der Waals surface area contributed by atoms with E-state index in [1.54, 1.807) is 0 Å². The quantitative estimate of drug-likeness (QED) is 0.420. The van der Waals surface area contributed by atoms with Gasteiger partial charge < -0.3 is 0 Å². The molecule has 0 spiro atoms. The second-order valence-electron chi connectivity index (χ2n) is 6.32. The Balaban J connectivity index is 1.93. The Bertz CT molecular complexity index is 1030. The van der Waals surface area contributed by atoms with E-state index < -0.39 is 0 Å². The van der Waals surface area contributed by atoms with Crippen molar-refractivity contribution < 1.29 is 0 Å². The summed E-state index contributed by atoms with van der Waals surface area (Å²) in [5.74, 6) is 0. The molecule has 23 heavy (non-hydrogen) atoms. The number of hydrogen-bond acceptors (Lipinski definition) is 1. The number of pyridine rings is 1. The van der Waals surface area contributed by atoms with Crippen molar-refractivity contribution in [1.29, 1.82) is 0 Å². The highest BCUT2D eigenvalue weighted by atomic mass is 14.7. The number of rotatable bonds is 1. The molecule has 4 aromatic rings. The summed E-state index contributed by atoms with van der Waals surface area (Å²) in [4.78, 5) is 5.07. The van der Waals surface area contributed by atoms with Crippen molar-refractivity contribution in [2.45, 2.75) is 19.3 Å². The smallest absolute Gasteiger partial charge is 0.0744 e. The van der Waals surface area contributed by atoms with E-state index >= 15 is 0 Å². The summed E-state index contributed by atoms with van der Waals surface area (Å²) >= 11 is 0. The van der Waals surface area contributed by atoms with Gasteiger partial charge >= 0.3 is 0 Å². The first kappa shape index (κ1) is 12.8. The van der Waals surface area contributed by atoms with Crippen LogP contribution >= 0.6 is 0 Å². The zero-order valence-corrected chi connectivity index (χ0v) is 12.9. The first-order chi connectivity index (χ1) is 11.4. The maximum absolute atomic E-state index is 5.07. The molecule has 0 radical (unpaired) electrons. The molecule has 0 aliphatic heterocycles. The molecule has 110 valence electrons. The summed E-state index contributed by atoms with van der Waals surface area (Å²) in [6.45, 7) is 0. The third kappa shape index (κ3) is 1.90. The Morgan fingerprint density at radius 3 is 2.39 bits per heavy atom. The third-order valence-corrected chi connectivity index (χ3v) is 4.99. The van der Waals surface area contributed by atoms with Crippen LogP contribution in [0.2, 0.25) is 0 Å². The first-order valence-corrected chi connectivity index (χ1v) is 8.30. The van der Waals surface area contributed by atoms with Crippen molar-refractivity contribution >= 4 is 21.7 Å². The van der Waals surface area contributed by atoms with Gasteiger partial charge in [0.05, 0.1) is 11.2 Å². The van der Waals surface area contributed by atoms with Crippen LogP contribution in [0.5, 0.6) is 0 Å². The van der Waals surface area contributed by atoms with Crippen LogP contribution in [0.3, 0.4) is 0 Å². The van der Waals surface area contributed by atoms with Crippen molar-refractivity contribution in [3.05, 3.63) is 77.9 Å². The monoisotopic (exact) mass is 295 g/mol. The minimum Gasteiger partial charge on any atom is -0.247 e. The number of nitrogens with zero attached hydrogens (tertiary/aromatic N) is 1. The Hall–Kier alpha value is -2.67. The molecule has 0 amide bonds. The van der Waals surface area contributed by atoms with Crippen molar-refractivity contribution in [2.75, 3.05) is 0 Å². The molecule has 0 N–H and O–H groups in total. The van der Waals surface area contributed by atoms with Crippen LogP contribution < -0.4 is 0 Å². The standard InChI is InChI=1S/C22H17N/c1-2-8-16(9-3-1)22-19-12-6-11-18(19)21-17-10-5-4-7-15(17)13-14-20(21)23-22/h1-5,7-10,13-14H,6,11-12H2. The van der Waals surface area contributed by atoms with Crippen LogP contribution in [0.15, 0.2) is 66.7 Å². The van der Waals surface area contributed by atoms with Gasteiger partial charge in [-0.1, -0.05) is 60.7 Å². The summed E-state index contributed by atoms with van der Waals surface area (Å²) in [6.07, 6.45) is 3.55. The minimum absolute atomic E-state index is 1.13. The van der Waals surface area contributed by atoms with Crippen molar-refractivity contribution in [1.82, 2.24) is 4.98 Å². The average molecular weight is 295 g/mol. The fraction of sp³-hybridized carbons (Fsp3) is 0.136. The topological polar surface area (TPSA) is 12.9 Å². The van der Waals surface area contributed by atoms with Crippen LogP contribution in [0.1, 0.15) is 17.5 Å². The molecule has 1 heterocycles. The normalized spacial score (nSPS) is 13.6. The third-order valence-electron chi connectivity index (χ3n) is 4.99. The second kappa shape index (κ2) is 4.92. The highest BCUT2D eigenvalue weighted by molar-refractivity contribution is 6.09. The van der Waals surface area contributed by atoms with Gasteiger partial charge in [0.25, 0.3) is 0 Å². The molecule has 5 rings (SSSR count). The number of fused-ring (bicyclic) bond motifs is 5. The van der Waals surface area contributed by atoms with E-state index in [1.807, 2.05) is 0 Å². The summed E-state index contributed by atoms with van der Waals surface area (Å²) < 4.78 is 0. The molecule has 0 fully saturated rings. The Labute approximate surface area is 135 Å². The molecule has 1 heteroatoms. The van der Waals surface area contributed by atoms with E-state index in [0.29, 0.717) is 0 Å². The summed E-state index contributed by atoms with van der Waals surface area (Å²) in [7, 11) is 0. The molecule has 1 nitrogen and oxygen atoms in total. The maximum Gasteiger partial charge on any atom is 0.0744 e. The molecule has 0 atom stereocenters. The maximum atomic E-state index is 5.07. The van der Waals surface area contributed by atoms with E-state index in [9.17, 15) is 0 Å². The SMILES string of the molecule is c1ccc(-c2nc3ccc4ccccc4c3c3c2CCC3)cc1. The minimum atomic E-state index is 1.13. The molecule has 3 aromatic carbocycles. The van der Waals surface area contributed by atoms with Gasteiger partial charge in [0, 0.05) is 10.9 Å². The van der Waals surface area contributed by atoms with Crippen LogP contribution in [-0.4, -0.2) is 4.98 Å². The molecule has 1 aromatic heterocycles. The zero-order valence-electron chi connectivity index (χ0n) is 12.9. The largest absolute Gasteiger partial charge is 0.247 e. The molecule has 0 saturated heterocycles.